The number of benzene rings is 1. The normalized spacial score (nSPS) is 12.0. The first-order chi connectivity index (χ1) is 10.9. The van der Waals surface area contributed by atoms with Crippen molar-refractivity contribution in [1.29, 1.82) is 0 Å². The van der Waals surface area contributed by atoms with E-state index in [-0.39, 0.29) is 11.8 Å². The van der Waals surface area contributed by atoms with Crippen molar-refractivity contribution in [2.24, 2.45) is 13.0 Å². The number of hydrogen-bond donors (Lipinski definition) is 1. The van der Waals surface area contributed by atoms with E-state index in [0.29, 0.717) is 17.0 Å². The Bertz CT molecular complexity index is 711. The molecule has 0 spiro atoms. The minimum Gasteiger partial charge on any atom is -0.467 e. The molecule has 0 saturated carbocycles. The van der Waals surface area contributed by atoms with Crippen LogP contribution >= 0.6 is 0 Å². The Labute approximate surface area is 133 Å². The van der Waals surface area contributed by atoms with Gasteiger partial charge in [-0.1, -0.05) is 26.0 Å². The number of ether oxygens (including phenoxy) is 1. The number of nitrogens with one attached hydrogen (secondary N) is 1. The average molecular weight is 317 g/mol. The molecule has 0 aliphatic heterocycles. The minimum atomic E-state index is -0.701. The van der Waals surface area contributed by atoms with Gasteiger partial charge in [-0.15, -0.1) is 5.10 Å². The van der Waals surface area contributed by atoms with E-state index in [4.69, 9.17) is 4.74 Å². The summed E-state index contributed by atoms with van der Waals surface area (Å²) in [7, 11) is 3.01. The molecule has 0 aliphatic rings. The Hall–Kier alpha value is -2.77. The number of carbonyl (C=O) groups is 2. The summed E-state index contributed by atoms with van der Waals surface area (Å²) in [6, 6.07) is 6.18. The van der Waals surface area contributed by atoms with Gasteiger partial charge in [0, 0.05) is 18.2 Å². The van der Waals surface area contributed by atoms with E-state index in [1.54, 1.807) is 25.2 Å². The van der Waals surface area contributed by atoms with Crippen molar-refractivity contribution < 1.29 is 14.3 Å². The van der Waals surface area contributed by atoms with Crippen LogP contribution < -0.4 is 5.32 Å². The van der Waals surface area contributed by atoms with Crippen molar-refractivity contribution in [2.45, 2.75) is 19.9 Å². The summed E-state index contributed by atoms with van der Waals surface area (Å²) in [4.78, 5) is 24.2. The summed E-state index contributed by atoms with van der Waals surface area (Å²) in [5.41, 5.74) is 1.13. The first-order valence-corrected chi connectivity index (χ1v) is 7.15. The maximum atomic E-state index is 12.4. The third kappa shape index (κ3) is 3.71. The lowest BCUT2D eigenvalue weighted by atomic mass is 10.0. The van der Waals surface area contributed by atoms with Gasteiger partial charge in [-0.25, -0.2) is 9.48 Å². The van der Waals surface area contributed by atoms with E-state index in [0.717, 1.165) is 0 Å². The molecule has 122 valence electrons. The Morgan fingerprint density at radius 2 is 2.04 bits per heavy atom. The van der Waals surface area contributed by atoms with Gasteiger partial charge in [-0.3, -0.25) is 4.79 Å². The molecule has 1 N–H and O–H groups in total. The molecular weight excluding hydrogens is 298 g/mol. The van der Waals surface area contributed by atoms with E-state index < -0.39 is 12.0 Å². The number of carbonyl (C=O) groups excluding carboxylic acids is 2. The van der Waals surface area contributed by atoms with Crippen molar-refractivity contribution in [1.82, 2.24) is 25.5 Å². The van der Waals surface area contributed by atoms with Gasteiger partial charge in [0.05, 0.1) is 7.11 Å². The molecule has 0 radical (unpaired) electrons. The predicted octanol–water partition coefficient (Wildman–Crippen LogP) is 0.804. The molecule has 1 aromatic heterocycles. The van der Waals surface area contributed by atoms with Gasteiger partial charge < -0.3 is 10.1 Å². The summed E-state index contributed by atoms with van der Waals surface area (Å²) in [6.45, 7) is 3.67. The Kier molecular flexibility index (Phi) is 5.05. The van der Waals surface area contributed by atoms with E-state index in [1.807, 2.05) is 19.9 Å². The highest BCUT2D eigenvalue weighted by atomic mass is 16.5. The van der Waals surface area contributed by atoms with Crippen LogP contribution in [0.2, 0.25) is 0 Å². The predicted molar refractivity (Wildman–Crippen MR) is 82.3 cm³/mol. The highest BCUT2D eigenvalue weighted by Crippen LogP contribution is 2.17. The molecule has 1 aromatic carbocycles. The van der Waals surface area contributed by atoms with Gasteiger partial charge in [0.15, 0.2) is 5.82 Å². The van der Waals surface area contributed by atoms with Crippen molar-refractivity contribution in [3.63, 3.8) is 0 Å². The molecule has 8 heteroatoms. The number of methoxy groups -OCH3 is 1. The molecule has 0 bridgehead atoms. The lowest BCUT2D eigenvalue weighted by Gasteiger charge is -2.19. The van der Waals surface area contributed by atoms with E-state index in [1.165, 1.54) is 11.8 Å². The lowest BCUT2D eigenvalue weighted by molar-refractivity contribution is -0.144. The molecule has 1 atom stereocenters. The molecule has 1 amide bonds. The molecule has 2 aromatic rings. The standard InChI is InChI=1S/C15H19N5O3/c1-9(2)12(15(22)23-4)16-14(21)11-7-5-6-10(8-11)13-17-18-19-20(13)3/h5-9,12H,1-4H3,(H,16,21). The van der Waals surface area contributed by atoms with Gasteiger partial charge in [0.25, 0.3) is 5.91 Å². The van der Waals surface area contributed by atoms with Crippen LogP contribution in [0.1, 0.15) is 24.2 Å². The van der Waals surface area contributed by atoms with Crippen LogP contribution in [-0.4, -0.2) is 45.2 Å². The highest BCUT2D eigenvalue weighted by molar-refractivity contribution is 5.97. The second-order valence-corrected chi connectivity index (χ2v) is 5.43. The zero-order valence-corrected chi connectivity index (χ0v) is 13.5. The second-order valence-electron chi connectivity index (χ2n) is 5.43. The first-order valence-electron chi connectivity index (χ1n) is 7.15. The first kappa shape index (κ1) is 16.6. The fourth-order valence-corrected chi connectivity index (χ4v) is 2.12. The maximum absolute atomic E-state index is 12.4. The fraction of sp³-hybridized carbons (Fsp3) is 0.400. The Morgan fingerprint density at radius 1 is 1.30 bits per heavy atom. The van der Waals surface area contributed by atoms with Gasteiger partial charge in [0.1, 0.15) is 6.04 Å². The third-order valence-electron chi connectivity index (χ3n) is 3.41. The molecule has 2 rings (SSSR count). The molecule has 1 unspecified atom stereocenters. The van der Waals surface area contributed by atoms with Crippen LogP contribution in [-0.2, 0) is 16.6 Å². The van der Waals surface area contributed by atoms with Crippen molar-refractivity contribution in [2.75, 3.05) is 7.11 Å². The number of tetrazole rings is 1. The lowest BCUT2D eigenvalue weighted by Crippen LogP contribution is -2.45. The number of nitrogens with zero attached hydrogens (tertiary/aromatic N) is 4. The molecule has 0 saturated heterocycles. The third-order valence-corrected chi connectivity index (χ3v) is 3.41. The van der Waals surface area contributed by atoms with Gasteiger partial charge in [0.2, 0.25) is 0 Å². The van der Waals surface area contributed by atoms with E-state index >= 15 is 0 Å². The average Bonchev–Trinajstić information content (AvgIpc) is 2.97. The van der Waals surface area contributed by atoms with Crippen LogP contribution in [0.5, 0.6) is 0 Å². The van der Waals surface area contributed by atoms with E-state index in [2.05, 4.69) is 20.8 Å². The minimum absolute atomic E-state index is 0.0856. The molecule has 23 heavy (non-hydrogen) atoms. The van der Waals surface area contributed by atoms with Crippen molar-refractivity contribution >= 4 is 11.9 Å². The summed E-state index contributed by atoms with van der Waals surface area (Å²) in [5, 5.41) is 14.0. The quantitative estimate of drug-likeness (QED) is 0.819. The molecular formula is C15H19N5O3. The molecule has 8 nitrogen and oxygen atoms in total. The van der Waals surface area contributed by atoms with Crippen molar-refractivity contribution in [3.8, 4) is 11.4 Å². The zero-order chi connectivity index (χ0) is 17.0. The van der Waals surface area contributed by atoms with Crippen LogP contribution in [0.4, 0.5) is 0 Å². The van der Waals surface area contributed by atoms with Gasteiger partial charge >= 0.3 is 5.97 Å². The van der Waals surface area contributed by atoms with Gasteiger partial charge in [-0.05, 0) is 28.5 Å². The van der Waals surface area contributed by atoms with Crippen LogP contribution in [0, 0.1) is 5.92 Å². The van der Waals surface area contributed by atoms with E-state index in [9.17, 15) is 9.59 Å². The number of esters is 1. The monoisotopic (exact) mass is 317 g/mol. The topological polar surface area (TPSA) is 99.0 Å². The summed E-state index contributed by atoms with van der Waals surface area (Å²) < 4.78 is 6.24. The Morgan fingerprint density at radius 3 is 2.61 bits per heavy atom. The number of hydrogen-bond acceptors (Lipinski definition) is 6. The zero-order valence-electron chi connectivity index (χ0n) is 13.5. The number of aryl methyl sites for hydroxylation is 1. The van der Waals surface area contributed by atoms with Crippen LogP contribution in [0.25, 0.3) is 11.4 Å². The molecule has 1 heterocycles. The van der Waals surface area contributed by atoms with Crippen LogP contribution in [0.3, 0.4) is 0 Å². The number of rotatable bonds is 5. The highest BCUT2D eigenvalue weighted by Gasteiger charge is 2.25. The smallest absolute Gasteiger partial charge is 0.328 e. The summed E-state index contributed by atoms with van der Waals surface area (Å²) in [5.74, 6) is -0.362. The fourth-order valence-electron chi connectivity index (χ4n) is 2.12. The van der Waals surface area contributed by atoms with Gasteiger partial charge in [-0.2, -0.15) is 0 Å². The largest absolute Gasteiger partial charge is 0.467 e. The molecule has 0 fully saturated rings. The van der Waals surface area contributed by atoms with Crippen molar-refractivity contribution in [3.05, 3.63) is 29.8 Å². The SMILES string of the molecule is COC(=O)C(NC(=O)c1cccc(-c2nnnn2C)c1)C(C)C. The Balaban J connectivity index is 2.23. The number of amides is 1. The molecule has 0 aliphatic carbocycles. The summed E-state index contributed by atoms with van der Waals surface area (Å²) >= 11 is 0. The summed E-state index contributed by atoms with van der Waals surface area (Å²) in [6.07, 6.45) is 0. The number of aromatic nitrogens is 4. The maximum Gasteiger partial charge on any atom is 0.328 e. The van der Waals surface area contributed by atoms with Crippen LogP contribution in [0.15, 0.2) is 24.3 Å². The second kappa shape index (κ2) is 6.99.